The quantitative estimate of drug-likeness (QED) is 0.530. The van der Waals surface area contributed by atoms with Gasteiger partial charge in [0.25, 0.3) is 5.91 Å². The maximum atomic E-state index is 13.8. The highest BCUT2D eigenvalue weighted by Gasteiger charge is 2.74. The first-order valence-electron chi connectivity index (χ1n) is 10.9. The summed E-state index contributed by atoms with van der Waals surface area (Å²) in [5.74, 6) is -3.06. The zero-order valence-electron chi connectivity index (χ0n) is 18.6. The van der Waals surface area contributed by atoms with E-state index in [-0.39, 0.29) is 13.0 Å². The van der Waals surface area contributed by atoms with Crippen molar-refractivity contribution in [2.75, 3.05) is 12.4 Å². The number of halogens is 1. The molecule has 3 aliphatic rings. The molecule has 0 unspecified atom stereocenters. The van der Waals surface area contributed by atoms with Crippen LogP contribution in [0.4, 0.5) is 5.69 Å². The van der Waals surface area contributed by atoms with E-state index in [1.807, 2.05) is 6.92 Å². The van der Waals surface area contributed by atoms with Gasteiger partial charge in [-0.25, -0.2) is 0 Å². The molecule has 1 spiro atoms. The number of aryl methyl sites for hydroxylation is 1. The first-order chi connectivity index (χ1) is 16.2. The van der Waals surface area contributed by atoms with Gasteiger partial charge in [-0.2, -0.15) is 0 Å². The predicted octanol–water partition coefficient (Wildman–Crippen LogP) is 0.427. The van der Waals surface area contributed by atoms with E-state index in [0.29, 0.717) is 22.0 Å². The van der Waals surface area contributed by atoms with Gasteiger partial charge in [0.05, 0.1) is 25.8 Å². The average molecular weight is 484 g/mol. The molecule has 0 saturated carbocycles. The van der Waals surface area contributed by atoms with Crippen molar-refractivity contribution in [3.8, 4) is 5.75 Å². The number of carbonyl (C=O) groups excluding carboxylic acids is 4. The molecule has 0 aromatic heterocycles. The molecule has 4 atom stereocenters. The lowest BCUT2D eigenvalue weighted by molar-refractivity contribution is -0.732. The number of carbonyl (C=O) groups is 4. The second-order valence-electron chi connectivity index (χ2n) is 9.08. The summed E-state index contributed by atoms with van der Waals surface area (Å²) >= 11 is 6.33. The lowest BCUT2D eigenvalue weighted by Gasteiger charge is -2.26. The third kappa shape index (κ3) is 3.11. The number of imide groups is 1. The standard InChI is InChI=1S/C24H23ClN4O5/c1-11-7-13(25)8-15-20(11)27-23(33)24(15)19-18(16(28-24)9-17(26)30)21(31)29(22(19)32)10-12-3-5-14(34-2)6-4-12/h3-8,16,18-19,28H,9-10H2,1-2H3,(H2,26,30)(H,27,33)/p+1/t16-,18+,19-,24-/m0/s1. The van der Waals surface area contributed by atoms with Gasteiger partial charge in [0, 0.05) is 10.6 Å². The number of ether oxygens (including phenoxy) is 1. The number of hydrogen-bond donors (Lipinski definition) is 3. The highest BCUT2D eigenvalue weighted by atomic mass is 35.5. The van der Waals surface area contributed by atoms with Crippen LogP contribution in [-0.4, -0.2) is 41.7 Å². The molecular weight excluding hydrogens is 460 g/mol. The van der Waals surface area contributed by atoms with Crippen molar-refractivity contribution in [2.45, 2.75) is 31.5 Å². The second kappa shape index (κ2) is 7.82. The Labute approximate surface area is 200 Å². The minimum atomic E-state index is -1.41. The zero-order chi connectivity index (χ0) is 24.4. The monoisotopic (exact) mass is 483 g/mol. The highest BCUT2D eigenvalue weighted by molar-refractivity contribution is 6.31. The molecule has 2 saturated heterocycles. The predicted molar refractivity (Wildman–Crippen MR) is 122 cm³/mol. The molecule has 2 aromatic carbocycles. The first-order valence-corrected chi connectivity index (χ1v) is 11.3. The van der Waals surface area contributed by atoms with E-state index < -0.39 is 47.0 Å². The van der Waals surface area contributed by atoms with Gasteiger partial charge >= 0.3 is 0 Å². The van der Waals surface area contributed by atoms with Gasteiger partial charge in [-0.3, -0.25) is 24.1 Å². The van der Waals surface area contributed by atoms with E-state index in [4.69, 9.17) is 22.1 Å². The summed E-state index contributed by atoms with van der Waals surface area (Å²) < 4.78 is 5.17. The number of nitrogens with zero attached hydrogens (tertiary/aromatic N) is 1. The van der Waals surface area contributed by atoms with E-state index in [0.717, 1.165) is 11.1 Å². The van der Waals surface area contributed by atoms with E-state index in [9.17, 15) is 19.2 Å². The fourth-order valence-corrected chi connectivity index (χ4v) is 6.02. The highest BCUT2D eigenvalue weighted by Crippen LogP contribution is 2.51. The number of likely N-dealkylation sites (tertiary alicyclic amines) is 1. The van der Waals surface area contributed by atoms with Gasteiger partial charge in [-0.1, -0.05) is 23.7 Å². The number of nitrogens with two attached hydrogens (primary N) is 2. The lowest BCUT2D eigenvalue weighted by atomic mass is 9.76. The van der Waals surface area contributed by atoms with Crippen LogP contribution in [0.3, 0.4) is 0 Å². The van der Waals surface area contributed by atoms with E-state index in [2.05, 4.69) is 5.32 Å². The Morgan fingerprint density at radius 3 is 2.56 bits per heavy atom. The summed E-state index contributed by atoms with van der Waals surface area (Å²) in [5.41, 5.74) is 6.70. The number of fused-ring (bicyclic) bond motifs is 4. The van der Waals surface area contributed by atoms with Crippen LogP contribution in [0.2, 0.25) is 5.02 Å². The fourth-order valence-electron chi connectivity index (χ4n) is 5.74. The Kier molecular flexibility index (Phi) is 5.14. The molecule has 10 heteroatoms. The van der Waals surface area contributed by atoms with Crippen LogP contribution < -0.4 is 21.1 Å². The third-order valence-corrected chi connectivity index (χ3v) is 7.39. The van der Waals surface area contributed by atoms with Crippen molar-refractivity contribution in [1.29, 1.82) is 0 Å². The van der Waals surface area contributed by atoms with E-state index >= 15 is 0 Å². The summed E-state index contributed by atoms with van der Waals surface area (Å²) in [7, 11) is 1.55. The van der Waals surface area contributed by atoms with Crippen LogP contribution in [0.5, 0.6) is 5.75 Å². The smallest absolute Gasteiger partial charge is 0.291 e. The third-order valence-electron chi connectivity index (χ3n) is 7.17. The molecule has 3 heterocycles. The summed E-state index contributed by atoms with van der Waals surface area (Å²) in [4.78, 5) is 53.9. The number of methoxy groups -OCH3 is 1. The Morgan fingerprint density at radius 2 is 1.91 bits per heavy atom. The molecular formula is C24H24ClN4O5+. The SMILES string of the molecule is COc1ccc(CN2C(=O)[C@@H]3[C@H](CC(N)=O)[NH2+][C@]4(C(=O)Nc5c(C)cc(Cl)cc54)[C@@H]3C2=O)cc1. The molecule has 5 rings (SSSR count). The maximum Gasteiger partial charge on any atom is 0.291 e. The molecule has 3 aliphatic heterocycles. The average Bonchev–Trinajstić information content (AvgIpc) is 3.35. The second-order valence-corrected chi connectivity index (χ2v) is 9.52. The number of nitrogens with one attached hydrogen (secondary N) is 1. The van der Waals surface area contributed by atoms with Gasteiger partial charge in [0.15, 0.2) is 0 Å². The fraction of sp³-hybridized carbons (Fsp3) is 0.333. The van der Waals surface area contributed by atoms with Crippen molar-refractivity contribution in [2.24, 2.45) is 17.6 Å². The Morgan fingerprint density at radius 1 is 1.21 bits per heavy atom. The number of primary amides is 1. The summed E-state index contributed by atoms with van der Waals surface area (Å²) in [6.07, 6.45) is -0.138. The minimum absolute atomic E-state index is 0.0527. The van der Waals surface area contributed by atoms with Gasteiger partial charge in [0.2, 0.25) is 23.3 Å². The normalized spacial score (nSPS) is 27.2. The Bertz CT molecular complexity index is 1250. The molecule has 9 nitrogen and oxygen atoms in total. The van der Waals surface area contributed by atoms with Crippen LogP contribution in [0.25, 0.3) is 0 Å². The summed E-state index contributed by atoms with van der Waals surface area (Å²) in [6.45, 7) is 1.87. The molecule has 0 aliphatic carbocycles. The first kappa shape index (κ1) is 22.4. The molecule has 5 N–H and O–H groups in total. The number of benzene rings is 2. The van der Waals surface area contributed by atoms with Crippen LogP contribution in [0, 0.1) is 18.8 Å². The number of amides is 4. The van der Waals surface area contributed by atoms with Crippen LogP contribution in [-0.2, 0) is 31.3 Å². The van der Waals surface area contributed by atoms with Crippen LogP contribution >= 0.6 is 11.6 Å². The summed E-state index contributed by atoms with van der Waals surface area (Å²) in [6, 6.07) is 9.77. The van der Waals surface area contributed by atoms with Gasteiger partial charge in [-0.15, -0.1) is 0 Å². The van der Waals surface area contributed by atoms with Crippen molar-refractivity contribution >= 4 is 40.9 Å². The molecule has 2 aromatic rings. The Balaban J connectivity index is 1.59. The molecule has 0 bridgehead atoms. The van der Waals surface area contributed by atoms with Gasteiger partial charge < -0.3 is 21.1 Å². The lowest BCUT2D eigenvalue weighted by Crippen LogP contribution is -2.99. The number of rotatable bonds is 5. The molecule has 0 radical (unpaired) electrons. The molecule has 176 valence electrons. The topological polar surface area (TPSA) is 135 Å². The van der Waals surface area contributed by atoms with Gasteiger partial charge in [-0.05, 0) is 42.3 Å². The van der Waals surface area contributed by atoms with Crippen LogP contribution in [0.15, 0.2) is 36.4 Å². The number of anilines is 1. The number of hydrogen-bond acceptors (Lipinski definition) is 5. The molecule has 4 amide bonds. The number of quaternary nitrogens is 1. The molecule has 2 fully saturated rings. The largest absolute Gasteiger partial charge is 0.497 e. The van der Waals surface area contributed by atoms with Crippen molar-refractivity contribution in [3.05, 3.63) is 58.1 Å². The maximum absolute atomic E-state index is 13.8. The Hall–Kier alpha value is -3.43. The van der Waals surface area contributed by atoms with Gasteiger partial charge in [0.1, 0.15) is 23.6 Å². The zero-order valence-corrected chi connectivity index (χ0v) is 19.4. The van der Waals surface area contributed by atoms with Crippen molar-refractivity contribution in [3.63, 3.8) is 0 Å². The van der Waals surface area contributed by atoms with E-state index in [1.165, 1.54) is 4.90 Å². The van der Waals surface area contributed by atoms with Crippen molar-refractivity contribution < 1.29 is 29.2 Å². The van der Waals surface area contributed by atoms with E-state index in [1.54, 1.807) is 48.8 Å². The van der Waals surface area contributed by atoms with Crippen molar-refractivity contribution in [1.82, 2.24) is 4.90 Å². The van der Waals surface area contributed by atoms with Crippen LogP contribution in [0.1, 0.15) is 23.1 Å². The summed E-state index contributed by atoms with van der Waals surface area (Å²) in [5, 5.41) is 4.97. The minimum Gasteiger partial charge on any atom is -0.497 e. The molecule has 34 heavy (non-hydrogen) atoms.